The molecule has 0 fully saturated rings. The molecule has 0 aliphatic rings. The van der Waals surface area contributed by atoms with Crippen molar-refractivity contribution in [2.24, 2.45) is 0 Å². The fourth-order valence-corrected chi connectivity index (χ4v) is 1.53. The van der Waals surface area contributed by atoms with Crippen molar-refractivity contribution >= 4 is 5.82 Å². The predicted molar refractivity (Wildman–Crippen MR) is 64.5 cm³/mol. The number of nitrogen functional groups attached to an aromatic ring is 1. The second-order valence-corrected chi connectivity index (χ2v) is 3.62. The first kappa shape index (κ1) is 11.5. The summed E-state index contributed by atoms with van der Waals surface area (Å²) < 4.78 is 7.30. The number of benzene rings is 1. The first-order chi connectivity index (χ1) is 8.29. The van der Waals surface area contributed by atoms with E-state index >= 15 is 0 Å². The molecule has 2 aromatic rings. The molecule has 0 saturated carbocycles. The molecule has 5 heteroatoms. The summed E-state index contributed by atoms with van der Waals surface area (Å²) in [6, 6.07) is 9.15. The average Bonchev–Trinajstić information content (AvgIpc) is 2.76. The minimum absolute atomic E-state index is 0.0229. The summed E-state index contributed by atoms with van der Waals surface area (Å²) in [6.45, 7) is 1.08. The van der Waals surface area contributed by atoms with Crippen molar-refractivity contribution < 1.29 is 9.84 Å². The third kappa shape index (κ3) is 2.98. The Kier molecular flexibility index (Phi) is 3.62. The number of anilines is 1. The Morgan fingerprint density at radius 3 is 2.82 bits per heavy atom. The summed E-state index contributed by atoms with van der Waals surface area (Å²) >= 11 is 0. The van der Waals surface area contributed by atoms with Crippen LogP contribution in [0.25, 0.3) is 0 Å². The quantitative estimate of drug-likeness (QED) is 0.809. The first-order valence-corrected chi connectivity index (χ1v) is 5.40. The van der Waals surface area contributed by atoms with Gasteiger partial charge in [-0.25, -0.2) is 0 Å². The summed E-state index contributed by atoms with van der Waals surface area (Å²) in [5.74, 6) is 1.20. The summed E-state index contributed by atoms with van der Waals surface area (Å²) in [5.41, 5.74) is 6.29. The van der Waals surface area contributed by atoms with E-state index in [1.54, 1.807) is 16.9 Å². The number of para-hydroxylation sites is 1. The van der Waals surface area contributed by atoms with Crippen molar-refractivity contribution in [3.63, 3.8) is 0 Å². The average molecular weight is 233 g/mol. The summed E-state index contributed by atoms with van der Waals surface area (Å²) in [7, 11) is 0. The monoisotopic (exact) mass is 233 g/mol. The van der Waals surface area contributed by atoms with E-state index in [4.69, 9.17) is 15.6 Å². The Balaban J connectivity index is 1.89. The van der Waals surface area contributed by atoms with E-state index in [1.165, 1.54) is 0 Å². The van der Waals surface area contributed by atoms with Crippen LogP contribution in [0.15, 0.2) is 36.5 Å². The fourth-order valence-electron chi connectivity index (χ4n) is 1.53. The molecule has 0 unspecified atom stereocenters. The van der Waals surface area contributed by atoms with E-state index in [0.29, 0.717) is 24.7 Å². The van der Waals surface area contributed by atoms with Crippen LogP contribution in [0.4, 0.5) is 5.82 Å². The van der Waals surface area contributed by atoms with Gasteiger partial charge in [0.2, 0.25) is 0 Å². The summed E-state index contributed by atoms with van der Waals surface area (Å²) in [4.78, 5) is 0. The number of ether oxygens (including phenoxy) is 1. The Labute approximate surface area is 99.4 Å². The van der Waals surface area contributed by atoms with Gasteiger partial charge in [0.1, 0.15) is 18.2 Å². The van der Waals surface area contributed by atoms with E-state index in [9.17, 15) is 0 Å². The zero-order valence-corrected chi connectivity index (χ0v) is 9.41. The molecule has 0 atom stereocenters. The van der Waals surface area contributed by atoms with Crippen LogP contribution in [0.2, 0.25) is 0 Å². The van der Waals surface area contributed by atoms with Gasteiger partial charge in [-0.15, -0.1) is 0 Å². The summed E-state index contributed by atoms with van der Waals surface area (Å²) in [6.07, 6.45) is 1.80. The fraction of sp³-hybridized carbons (Fsp3) is 0.250. The van der Waals surface area contributed by atoms with Crippen LogP contribution in [0, 0.1) is 0 Å². The molecule has 5 nitrogen and oxygen atoms in total. The van der Waals surface area contributed by atoms with Gasteiger partial charge in [-0.05, 0) is 12.1 Å². The highest BCUT2D eigenvalue weighted by molar-refractivity contribution is 5.32. The normalized spacial score (nSPS) is 10.4. The van der Waals surface area contributed by atoms with Crippen molar-refractivity contribution in [3.05, 3.63) is 42.1 Å². The number of aromatic nitrogens is 2. The molecular weight excluding hydrogens is 218 g/mol. The van der Waals surface area contributed by atoms with Crippen molar-refractivity contribution in [1.29, 1.82) is 0 Å². The van der Waals surface area contributed by atoms with Gasteiger partial charge in [0.25, 0.3) is 0 Å². The van der Waals surface area contributed by atoms with E-state index in [0.717, 1.165) is 5.56 Å². The molecule has 0 spiro atoms. The van der Waals surface area contributed by atoms with Crippen molar-refractivity contribution in [1.82, 2.24) is 9.78 Å². The minimum atomic E-state index is -0.0229. The van der Waals surface area contributed by atoms with Crippen molar-refractivity contribution in [2.45, 2.75) is 13.2 Å². The molecule has 0 bridgehead atoms. The van der Waals surface area contributed by atoms with Crippen LogP contribution < -0.4 is 10.5 Å². The second-order valence-electron chi connectivity index (χ2n) is 3.62. The van der Waals surface area contributed by atoms with Crippen LogP contribution in [0.5, 0.6) is 5.75 Å². The highest BCUT2D eigenvalue weighted by atomic mass is 16.5. The van der Waals surface area contributed by atoms with Crippen LogP contribution in [-0.4, -0.2) is 21.5 Å². The van der Waals surface area contributed by atoms with Gasteiger partial charge in [0.05, 0.1) is 13.2 Å². The second kappa shape index (κ2) is 5.36. The molecule has 1 aromatic carbocycles. The Morgan fingerprint density at radius 2 is 2.12 bits per heavy atom. The maximum Gasteiger partial charge on any atom is 0.145 e. The molecule has 0 aliphatic carbocycles. The van der Waals surface area contributed by atoms with Gasteiger partial charge in [-0.2, -0.15) is 5.10 Å². The Bertz CT molecular complexity index is 482. The van der Waals surface area contributed by atoms with E-state index in [-0.39, 0.29) is 6.61 Å². The molecule has 90 valence electrons. The van der Waals surface area contributed by atoms with Crippen LogP contribution in [-0.2, 0) is 13.2 Å². The third-order valence-electron chi connectivity index (χ3n) is 2.38. The standard InChI is InChI=1S/C12H15N3O2/c13-12-5-6-15(14-12)7-8-17-11-4-2-1-3-10(11)9-16/h1-6,16H,7-9H2,(H2,13,14). The Morgan fingerprint density at radius 1 is 1.29 bits per heavy atom. The number of aliphatic hydroxyl groups excluding tert-OH is 1. The maximum atomic E-state index is 9.12. The molecule has 2 rings (SSSR count). The smallest absolute Gasteiger partial charge is 0.145 e. The van der Waals surface area contributed by atoms with Gasteiger partial charge in [0, 0.05) is 11.8 Å². The molecule has 1 aromatic heterocycles. The van der Waals surface area contributed by atoms with Gasteiger partial charge in [-0.1, -0.05) is 18.2 Å². The van der Waals surface area contributed by atoms with Gasteiger partial charge in [0.15, 0.2) is 0 Å². The van der Waals surface area contributed by atoms with E-state index in [1.807, 2.05) is 24.3 Å². The number of rotatable bonds is 5. The number of nitrogens with zero attached hydrogens (tertiary/aromatic N) is 2. The maximum absolute atomic E-state index is 9.12. The largest absolute Gasteiger partial charge is 0.491 e. The molecule has 0 amide bonds. The topological polar surface area (TPSA) is 73.3 Å². The SMILES string of the molecule is Nc1ccn(CCOc2ccccc2CO)n1. The van der Waals surface area contributed by atoms with Gasteiger partial charge < -0.3 is 15.6 Å². The summed E-state index contributed by atoms with van der Waals surface area (Å²) in [5, 5.41) is 13.2. The highest BCUT2D eigenvalue weighted by Crippen LogP contribution is 2.17. The Hall–Kier alpha value is -2.01. The van der Waals surface area contributed by atoms with E-state index in [2.05, 4.69) is 5.10 Å². The lowest BCUT2D eigenvalue weighted by Crippen LogP contribution is -2.09. The first-order valence-electron chi connectivity index (χ1n) is 5.40. The molecular formula is C12H15N3O2. The van der Waals surface area contributed by atoms with Crippen LogP contribution in [0.3, 0.4) is 0 Å². The molecule has 1 heterocycles. The van der Waals surface area contributed by atoms with Gasteiger partial charge >= 0.3 is 0 Å². The number of nitrogens with two attached hydrogens (primary N) is 1. The van der Waals surface area contributed by atoms with E-state index < -0.39 is 0 Å². The van der Waals surface area contributed by atoms with Gasteiger partial charge in [-0.3, -0.25) is 4.68 Å². The minimum Gasteiger partial charge on any atom is -0.491 e. The molecule has 0 radical (unpaired) electrons. The molecule has 17 heavy (non-hydrogen) atoms. The lowest BCUT2D eigenvalue weighted by Gasteiger charge is -2.09. The van der Waals surface area contributed by atoms with Crippen molar-refractivity contribution in [2.75, 3.05) is 12.3 Å². The predicted octanol–water partition coefficient (Wildman–Crippen LogP) is 1.04. The lowest BCUT2D eigenvalue weighted by molar-refractivity contribution is 0.255. The molecule has 3 N–H and O–H groups in total. The lowest BCUT2D eigenvalue weighted by atomic mass is 10.2. The number of hydrogen-bond donors (Lipinski definition) is 2. The third-order valence-corrected chi connectivity index (χ3v) is 2.38. The highest BCUT2D eigenvalue weighted by Gasteiger charge is 2.01. The zero-order chi connectivity index (χ0) is 12.1. The number of hydrogen-bond acceptors (Lipinski definition) is 4. The number of aliphatic hydroxyl groups is 1. The van der Waals surface area contributed by atoms with Crippen LogP contribution >= 0.6 is 0 Å². The zero-order valence-electron chi connectivity index (χ0n) is 9.41. The molecule has 0 saturated heterocycles. The van der Waals surface area contributed by atoms with Crippen molar-refractivity contribution in [3.8, 4) is 5.75 Å². The molecule has 0 aliphatic heterocycles. The van der Waals surface area contributed by atoms with Crippen LogP contribution in [0.1, 0.15) is 5.56 Å².